The van der Waals surface area contributed by atoms with Crippen LogP contribution in [0.4, 0.5) is 0 Å². The van der Waals surface area contributed by atoms with E-state index < -0.39 is 0 Å². The first-order chi connectivity index (χ1) is 6.95. The molecule has 3 aliphatic heterocycles. The van der Waals surface area contributed by atoms with Gasteiger partial charge >= 0.3 is 0 Å². The quantitative estimate of drug-likeness (QED) is 0.481. The van der Waals surface area contributed by atoms with E-state index in [1.807, 2.05) is 0 Å². The molecule has 0 spiro atoms. The molecule has 2 atom stereocenters. The Morgan fingerprint density at radius 2 is 1.43 bits per heavy atom. The summed E-state index contributed by atoms with van der Waals surface area (Å²) >= 11 is 0. The summed E-state index contributed by atoms with van der Waals surface area (Å²) in [5.41, 5.74) is 0. The Morgan fingerprint density at radius 3 is 1.71 bits per heavy atom. The van der Waals surface area contributed by atoms with Crippen LogP contribution in [0.15, 0.2) is 0 Å². The van der Waals surface area contributed by atoms with E-state index in [1.165, 1.54) is 0 Å². The average Bonchev–Trinajstić information content (AvgIpc) is 3.12. The van der Waals surface area contributed by atoms with Crippen molar-refractivity contribution < 1.29 is 24.0 Å². The minimum Gasteiger partial charge on any atom is -0.376 e. The molecule has 3 rings (SSSR count). The highest BCUT2D eigenvalue weighted by molar-refractivity contribution is 4.71. The van der Waals surface area contributed by atoms with Crippen molar-refractivity contribution in [3.8, 4) is 0 Å². The van der Waals surface area contributed by atoms with Gasteiger partial charge in [-0.05, 0) is 0 Å². The lowest BCUT2D eigenvalue weighted by molar-refractivity contribution is -0.248. The Hall–Kier alpha value is -0.200. The lowest BCUT2D eigenvalue weighted by atomic mass is 10.5. The van der Waals surface area contributed by atoms with E-state index in [0.29, 0.717) is 12.2 Å². The zero-order valence-electron chi connectivity index (χ0n) is 8.15. The monoisotopic (exact) mass is 204 g/mol. The number of hydrogen-bond donors (Lipinski definition) is 0. The highest BCUT2D eigenvalue weighted by Gasteiger charge is 2.26. The maximum absolute atomic E-state index is 5.23. The second kappa shape index (κ2) is 5.63. The second-order valence-electron chi connectivity index (χ2n) is 3.45. The minimum absolute atomic E-state index is 0.392. The van der Waals surface area contributed by atoms with Crippen LogP contribution in [0.3, 0.4) is 0 Å². The third-order valence-corrected chi connectivity index (χ3v) is 1.95. The van der Waals surface area contributed by atoms with Crippen molar-refractivity contribution in [3.63, 3.8) is 0 Å². The molecule has 5 nitrogen and oxygen atoms in total. The zero-order valence-corrected chi connectivity index (χ0v) is 8.15. The molecule has 0 aromatic rings. The van der Waals surface area contributed by atoms with Crippen LogP contribution in [0.5, 0.6) is 0 Å². The Morgan fingerprint density at radius 1 is 0.929 bits per heavy atom. The molecule has 3 saturated heterocycles. The van der Waals surface area contributed by atoms with Gasteiger partial charge in [0.15, 0.2) is 0 Å². The molecule has 0 aromatic heterocycles. The first kappa shape index (κ1) is 10.3. The van der Waals surface area contributed by atoms with Crippen LogP contribution in [-0.2, 0) is 24.0 Å². The number of epoxide rings is 2. The molecule has 5 heteroatoms. The van der Waals surface area contributed by atoms with Crippen molar-refractivity contribution in [2.24, 2.45) is 0 Å². The van der Waals surface area contributed by atoms with Crippen molar-refractivity contribution in [1.29, 1.82) is 0 Å². The number of hydrogen-bond acceptors (Lipinski definition) is 5. The van der Waals surface area contributed by atoms with Gasteiger partial charge in [-0.2, -0.15) is 0 Å². The fourth-order valence-corrected chi connectivity index (χ4v) is 0.954. The van der Waals surface area contributed by atoms with Crippen molar-refractivity contribution in [3.05, 3.63) is 0 Å². The Kier molecular flexibility index (Phi) is 4.15. The lowest BCUT2D eigenvalue weighted by Gasteiger charge is -1.95. The molecule has 0 aromatic carbocycles. The highest BCUT2D eigenvalue weighted by atomic mass is 17.2. The van der Waals surface area contributed by atoms with Gasteiger partial charge in [0.2, 0.25) is 0 Å². The van der Waals surface area contributed by atoms with Crippen molar-refractivity contribution in [1.82, 2.24) is 0 Å². The van der Waals surface area contributed by atoms with Gasteiger partial charge in [0.05, 0.1) is 39.6 Å². The molecule has 0 saturated carbocycles. The summed E-state index contributed by atoms with van der Waals surface area (Å²) in [5.74, 6) is 0. The predicted molar refractivity (Wildman–Crippen MR) is 46.8 cm³/mol. The van der Waals surface area contributed by atoms with Crippen LogP contribution in [-0.4, -0.2) is 51.8 Å². The molecule has 0 bridgehead atoms. The standard InChI is InChI=1S/C6H10O3.C3H6O2/c1(5-3-8-5)7-2-6-4-9-6;1-2-4-5-3-1/h5-6H,1-4H2;1-3H2. The van der Waals surface area contributed by atoms with Gasteiger partial charge in [-0.15, -0.1) is 0 Å². The average molecular weight is 204 g/mol. The topological polar surface area (TPSA) is 52.8 Å². The van der Waals surface area contributed by atoms with Crippen molar-refractivity contribution in [2.75, 3.05) is 39.6 Å². The summed E-state index contributed by atoms with van der Waals surface area (Å²) in [7, 11) is 0. The maximum Gasteiger partial charge on any atom is 0.104 e. The first-order valence-electron chi connectivity index (χ1n) is 5.00. The van der Waals surface area contributed by atoms with Gasteiger partial charge in [0, 0.05) is 6.42 Å². The largest absolute Gasteiger partial charge is 0.376 e. The second-order valence-corrected chi connectivity index (χ2v) is 3.45. The molecule has 3 heterocycles. The Bertz CT molecular complexity index is 132. The zero-order chi connectivity index (χ0) is 9.64. The summed E-state index contributed by atoms with van der Waals surface area (Å²) in [6.07, 6.45) is 1.84. The summed E-state index contributed by atoms with van der Waals surface area (Å²) in [5, 5.41) is 0. The fourth-order valence-electron chi connectivity index (χ4n) is 0.954. The van der Waals surface area contributed by atoms with Crippen LogP contribution < -0.4 is 0 Å². The van der Waals surface area contributed by atoms with E-state index in [4.69, 9.17) is 14.2 Å². The predicted octanol–water partition coefficient (Wildman–Crippen LogP) is 0.139. The smallest absolute Gasteiger partial charge is 0.104 e. The van der Waals surface area contributed by atoms with Crippen molar-refractivity contribution >= 4 is 0 Å². The van der Waals surface area contributed by atoms with Gasteiger partial charge < -0.3 is 14.2 Å². The van der Waals surface area contributed by atoms with Crippen LogP contribution >= 0.6 is 0 Å². The highest BCUT2D eigenvalue weighted by Crippen LogP contribution is 2.12. The molecule has 3 aliphatic rings. The van der Waals surface area contributed by atoms with E-state index in [-0.39, 0.29) is 0 Å². The van der Waals surface area contributed by atoms with Gasteiger partial charge in [-0.3, -0.25) is 0 Å². The maximum atomic E-state index is 5.23. The van der Waals surface area contributed by atoms with E-state index in [9.17, 15) is 0 Å². The molecular weight excluding hydrogens is 188 g/mol. The third kappa shape index (κ3) is 4.88. The molecule has 0 N–H and O–H groups in total. The van der Waals surface area contributed by atoms with E-state index in [0.717, 1.165) is 46.1 Å². The van der Waals surface area contributed by atoms with E-state index in [1.54, 1.807) is 0 Å². The molecule has 0 aliphatic carbocycles. The summed E-state index contributed by atoms with van der Waals surface area (Å²) in [4.78, 5) is 8.89. The molecular formula is C9H16O5. The lowest BCUT2D eigenvalue weighted by Crippen LogP contribution is -2.06. The summed E-state index contributed by atoms with van der Waals surface area (Å²) in [6, 6.07) is 0. The number of ether oxygens (including phenoxy) is 3. The SMILES string of the molecule is C(OCC1CO1)C1CO1.C1COOC1. The van der Waals surface area contributed by atoms with Gasteiger partial charge in [-0.25, -0.2) is 9.78 Å². The van der Waals surface area contributed by atoms with E-state index in [2.05, 4.69) is 9.78 Å². The summed E-state index contributed by atoms with van der Waals surface area (Å²) < 4.78 is 15.1. The fraction of sp³-hybridized carbons (Fsp3) is 1.00. The van der Waals surface area contributed by atoms with Crippen LogP contribution in [0.1, 0.15) is 6.42 Å². The van der Waals surface area contributed by atoms with Gasteiger partial charge in [-0.1, -0.05) is 0 Å². The Balaban J connectivity index is 0.000000128. The molecule has 2 unspecified atom stereocenters. The van der Waals surface area contributed by atoms with Gasteiger partial charge in [0.25, 0.3) is 0 Å². The van der Waals surface area contributed by atoms with Crippen LogP contribution in [0.25, 0.3) is 0 Å². The molecule has 3 fully saturated rings. The Labute approximate surface area is 83.1 Å². The molecule has 0 amide bonds. The minimum atomic E-state index is 0.392. The molecule has 0 radical (unpaired) electrons. The summed E-state index contributed by atoms with van der Waals surface area (Å²) in [6.45, 7) is 4.82. The van der Waals surface area contributed by atoms with E-state index >= 15 is 0 Å². The van der Waals surface area contributed by atoms with Crippen molar-refractivity contribution in [2.45, 2.75) is 18.6 Å². The van der Waals surface area contributed by atoms with Gasteiger partial charge in [0.1, 0.15) is 12.2 Å². The molecule has 14 heavy (non-hydrogen) atoms. The first-order valence-corrected chi connectivity index (χ1v) is 5.00. The van der Waals surface area contributed by atoms with Crippen LogP contribution in [0.2, 0.25) is 0 Å². The number of rotatable bonds is 4. The van der Waals surface area contributed by atoms with Crippen LogP contribution in [0, 0.1) is 0 Å². The third-order valence-electron chi connectivity index (χ3n) is 1.95. The normalized spacial score (nSPS) is 33.4. The molecule has 82 valence electrons.